The Hall–Kier alpha value is -2.67. The van der Waals surface area contributed by atoms with Gasteiger partial charge in [0.15, 0.2) is 0 Å². The number of likely N-dealkylation sites (N-methyl/N-ethyl adjacent to an activating group) is 1. The van der Waals surface area contributed by atoms with Crippen molar-refractivity contribution >= 4 is 17.3 Å². The Morgan fingerprint density at radius 1 is 1.21 bits per heavy atom. The van der Waals surface area contributed by atoms with Crippen molar-refractivity contribution in [3.63, 3.8) is 0 Å². The van der Waals surface area contributed by atoms with Crippen molar-refractivity contribution < 1.29 is 13.6 Å². The molecule has 1 aromatic heterocycles. The highest BCUT2D eigenvalue weighted by atomic mass is 19.1. The number of rotatable bonds is 5. The Kier molecular flexibility index (Phi) is 6.14. The van der Waals surface area contributed by atoms with Gasteiger partial charge in [-0.3, -0.25) is 4.79 Å². The molecule has 0 saturated carbocycles. The van der Waals surface area contributed by atoms with Crippen molar-refractivity contribution in [2.24, 2.45) is 5.10 Å². The summed E-state index contributed by atoms with van der Waals surface area (Å²) in [6.45, 7) is 11.9. The van der Waals surface area contributed by atoms with Crippen molar-refractivity contribution in [3.8, 4) is 0 Å². The molecule has 2 aromatic rings. The van der Waals surface area contributed by atoms with E-state index in [1.165, 1.54) is 6.07 Å². The maximum Gasteiger partial charge on any atom is 0.274 e. The summed E-state index contributed by atoms with van der Waals surface area (Å²) in [7, 11) is 0. The van der Waals surface area contributed by atoms with Gasteiger partial charge in [0.2, 0.25) is 0 Å². The number of benzene rings is 1. The minimum Gasteiger partial charge on any atom is -0.466 e. The second kappa shape index (κ2) is 8.56. The van der Waals surface area contributed by atoms with Crippen LogP contribution in [0.15, 0.2) is 33.8 Å². The lowest BCUT2D eigenvalue weighted by Gasteiger charge is -2.35. The number of carbonyl (C=O) groups is 1. The first kappa shape index (κ1) is 20.1. The van der Waals surface area contributed by atoms with Crippen LogP contribution in [0.1, 0.15) is 41.3 Å². The van der Waals surface area contributed by atoms with Gasteiger partial charge in [0, 0.05) is 31.7 Å². The van der Waals surface area contributed by atoms with Crippen LogP contribution in [0.4, 0.5) is 10.1 Å². The van der Waals surface area contributed by atoms with Crippen molar-refractivity contribution in [2.75, 3.05) is 37.6 Å². The van der Waals surface area contributed by atoms with Crippen LogP contribution in [-0.2, 0) is 0 Å². The molecule has 1 fully saturated rings. The summed E-state index contributed by atoms with van der Waals surface area (Å²) in [4.78, 5) is 16.7. The van der Waals surface area contributed by atoms with Crippen LogP contribution in [0.5, 0.6) is 0 Å². The van der Waals surface area contributed by atoms with Crippen molar-refractivity contribution in [2.45, 2.75) is 27.7 Å². The van der Waals surface area contributed by atoms with Crippen LogP contribution in [0.25, 0.3) is 0 Å². The SMILES string of the molecule is CCN1CCN(c2ccc(/C(C)=N\NC(=O)c3cc(C)oc3C)cc2F)CC1. The Bertz CT molecular complexity index is 883. The van der Waals surface area contributed by atoms with Gasteiger partial charge in [0.25, 0.3) is 5.91 Å². The lowest BCUT2D eigenvalue weighted by atomic mass is 10.1. The molecular formula is C21H27FN4O2. The van der Waals surface area contributed by atoms with Crippen molar-refractivity contribution in [3.05, 3.63) is 52.7 Å². The molecule has 0 spiro atoms. The van der Waals surface area contributed by atoms with Gasteiger partial charge >= 0.3 is 0 Å². The zero-order valence-electron chi connectivity index (χ0n) is 16.9. The highest BCUT2D eigenvalue weighted by molar-refractivity contribution is 6.01. The van der Waals surface area contributed by atoms with Crippen molar-refractivity contribution in [1.29, 1.82) is 0 Å². The van der Waals surface area contributed by atoms with Gasteiger partial charge in [-0.2, -0.15) is 5.10 Å². The van der Waals surface area contributed by atoms with E-state index >= 15 is 0 Å². The number of furan rings is 1. The van der Waals surface area contributed by atoms with Crippen LogP contribution >= 0.6 is 0 Å². The number of carbonyl (C=O) groups excluding carboxylic acids is 1. The first-order valence-corrected chi connectivity index (χ1v) is 9.58. The number of amides is 1. The third kappa shape index (κ3) is 4.42. The second-order valence-corrected chi connectivity index (χ2v) is 7.05. The molecule has 2 heterocycles. The number of hydrazone groups is 1. The number of hydrogen-bond donors (Lipinski definition) is 1. The van der Waals surface area contributed by atoms with Crippen LogP contribution in [0.2, 0.25) is 0 Å². The molecule has 150 valence electrons. The van der Waals surface area contributed by atoms with E-state index in [2.05, 4.69) is 27.3 Å². The average Bonchev–Trinajstić information content (AvgIpc) is 3.04. The topological polar surface area (TPSA) is 61.1 Å². The normalized spacial score (nSPS) is 15.8. The van der Waals surface area contributed by atoms with E-state index in [0.717, 1.165) is 32.7 Å². The average molecular weight is 386 g/mol. The molecular weight excluding hydrogens is 359 g/mol. The molecule has 1 saturated heterocycles. The van der Waals surface area contributed by atoms with E-state index < -0.39 is 0 Å². The number of anilines is 1. The molecule has 3 rings (SSSR count). The molecule has 0 aliphatic carbocycles. The van der Waals surface area contributed by atoms with E-state index in [-0.39, 0.29) is 11.7 Å². The zero-order valence-corrected chi connectivity index (χ0v) is 16.9. The van der Waals surface area contributed by atoms with E-state index in [1.54, 1.807) is 32.9 Å². The summed E-state index contributed by atoms with van der Waals surface area (Å²) in [5, 5.41) is 4.11. The Morgan fingerprint density at radius 2 is 1.93 bits per heavy atom. The van der Waals surface area contributed by atoms with Crippen LogP contribution in [-0.4, -0.2) is 49.2 Å². The highest BCUT2D eigenvalue weighted by Gasteiger charge is 2.19. The van der Waals surface area contributed by atoms with E-state index in [0.29, 0.717) is 34.0 Å². The molecule has 1 amide bonds. The molecule has 0 bridgehead atoms. The van der Waals surface area contributed by atoms with Gasteiger partial charge in [-0.25, -0.2) is 9.82 Å². The van der Waals surface area contributed by atoms with Gasteiger partial charge in [0.05, 0.1) is 17.0 Å². The van der Waals surface area contributed by atoms with Gasteiger partial charge in [-0.05, 0) is 45.5 Å². The summed E-state index contributed by atoms with van der Waals surface area (Å²) in [5.74, 6) is 0.589. The smallest absolute Gasteiger partial charge is 0.274 e. The Morgan fingerprint density at radius 3 is 2.50 bits per heavy atom. The summed E-state index contributed by atoms with van der Waals surface area (Å²) in [6.07, 6.45) is 0. The number of nitrogens with one attached hydrogen (secondary N) is 1. The molecule has 0 unspecified atom stereocenters. The van der Waals surface area contributed by atoms with Crippen molar-refractivity contribution in [1.82, 2.24) is 10.3 Å². The first-order chi connectivity index (χ1) is 13.4. The van der Waals surface area contributed by atoms with Gasteiger partial charge in [-0.1, -0.05) is 13.0 Å². The third-order valence-corrected chi connectivity index (χ3v) is 5.14. The molecule has 1 aromatic carbocycles. The predicted octanol–water partition coefficient (Wildman–Crippen LogP) is 3.33. The van der Waals surface area contributed by atoms with Crippen LogP contribution < -0.4 is 10.3 Å². The maximum atomic E-state index is 14.7. The lowest BCUT2D eigenvalue weighted by Crippen LogP contribution is -2.46. The lowest BCUT2D eigenvalue weighted by molar-refractivity contribution is 0.0953. The third-order valence-electron chi connectivity index (χ3n) is 5.14. The molecule has 1 aliphatic rings. The molecule has 0 atom stereocenters. The van der Waals surface area contributed by atoms with Crippen LogP contribution in [0.3, 0.4) is 0 Å². The monoisotopic (exact) mass is 386 g/mol. The number of nitrogens with zero attached hydrogens (tertiary/aromatic N) is 3. The Labute approximate surface area is 165 Å². The van der Waals surface area contributed by atoms with Gasteiger partial charge in [-0.15, -0.1) is 0 Å². The standard InChI is InChI=1S/C21H27FN4O2/c1-5-25-8-10-26(11-9-25)20-7-6-17(13-19(20)22)15(3)23-24-21(27)18-12-14(2)28-16(18)4/h6-7,12-13H,5,8-11H2,1-4H3,(H,24,27)/b23-15-. The number of halogens is 1. The van der Waals surface area contributed by atoms with E-state index in [9.17, 15) is 9.18 Å². The molecule has 28 heavy (non-hydrogen) atoms. The summed E-state index contributed by atoms with van der Waals surface area (Å²) in [6, 6.07) is 6.77. The minimum atomic E-state index is -0.348. The maximum absolute atomic E-state index is 14.7. The van der Waals surface area contributed by atoms with E-state index in [1.807, 2.05) is 6.07 Å². The summed E-state index contributed by atoms with van der Waals surface area (Å²) >= 11 is 0. The molecule has 7 heteroatoms. The number of piperazine rings is 1. The summed E-state index contributed by atoms with van der Waals surface area (Å²) < 4.78 is 20.0. The Balaban J connectivity index is 1.68. The largest absolute Gasteiger partial charge is 0.466 e. The predicted molar refractivity (Wildman–Crippen MR) is 109 cm³/mol. The molecule has 0 radical (unpaired) electrons. The second-order valence-electron chi connectivity index (χ2n) is 7.05. The summed E-state index contributed by atoms with van der Waals surface area (Å²) in [5.41, 5.74) is 4.74. The fourth-order valence-corrected chi connectivity index (χ4v) is 3.41. The number of hydrogen-bond acceptors (Lipinski definition) is 5. The first-order valence-electron chi connectivity index (χ1n) is 9.58. The van der Waals surface area contributed by atoms with Gasteiger partial charge < -0.3 is 14.2 Å². The quantitative estimate of drug-likeness (QED) is 0.633. The fraction of sp³-hybridized carbons (Fsp3) is 0.429. The number of aryl methyl sites for hydroxylation is 2. The fourth-order valence-electron chi connectivity index (χ4n) is 3.41. The molecule has 1 N–H and O–H groups in total. The zero-order chi connectivity index (χ0) is 20.3. The molecule has 1 aliphatic heterocycles. The van der Waals surface area contributed by atoms with E-state index in [4.69, 9.17) is 4.42 Å². The highest BCUT2D eigenvalue weighted by Crippen LogP contribution is 2.22. The van der Waals surface area contributed by atoms with Crippen LogP contribution in [0, 0.1) is 19.7 Å². The minimum absolute atomic E-state index is 0.273. The van der Waals surface area contributed by atoms with Gasteiger partial charge in [0.1, 0.15) is 17.3 Å². The molecule has 6 nitrogen and oxygen atoms in total.